The molecule has 1 aromatic carbocycles. The van der Waals surface area contributed by atoms with Crippen molar-refractivity contribution in [3.8, 4) is 11.5 Å². The first kappa shape index (κ1) is 13.1. The van der Waals surface area contributed by atoms with Gasteiger partial charge in [0.25, 0.3) is 0 Å². The second-order valence-electron chi connectivity index (χ2n) is 3.31. The Balaban J connectivity index is 2.60. The molecule has 0 fully saturated rings. The monoisotopic (exact) mass is 236 g/mol. The van der Waals surface area contributed by atoms with Crippen molar-refractivity contribution in [2.75, 3.05) is 20.8 Å². The summed E-state index contributed by atoms with van der Waals surface area (Å²) in [5.41, 5.74) is 1.01. The fourth-order valence-corrected chi connectivity index (χ4v) is 1.36. The molecular formula is C13H16O4. The Morgan fingerprint density at radius 1 is 1.29 bits per heavy atom. The third-order valence-corrected chi connectivity index (χ3v) is 2.25. The third-order valence-electron chi connectivity index (χ3n) is 2.25. The van der Waals surface area contributed by atoms with Gasteiger partial charge in [-0.3, -0.25) is 0 Å². The van der Waals surface area contributed by atoms with Crippen LogP contribution in [0.3, 0.4) is 0 Å². The molecule has 0 saturated carbocycles. The summed E-state index contributed by atoms with van der Waals surface area (Å²) in [6.45, 7) is 3.65. The molecule has 0 aliphatic heterocycles. The van der Waals surface area contributed by atoms with Crippen LogP contribution < -0.4 is 9.47 Å². The van der Waals surface area contributed by atoms with E-state index in [1.807, 2.05) is 18.2 Å². The van der Waals surface area contributed by atoms with E-state index in [4.69, 9.17) is 14.2 Å². The van der Waals surface area contributed by atoms with Crippen molar-refractivity contribution in [1.29, 1.82) is 0 Å². The number of hydrogen-bond acceptors (Lipinski definition) is 4. The van der Waals surface area contributed by atoms with Crippen LogP contribution in [0, 0.1) is 0 Å². The normalized spacial score (nSPS) is 9.53. The first-order chi connectivity index (χ1) is 8.21. The molecule has 0 spiro atoms. The van der Waals surface area contributed by atoms with Gasteiger partial charge in [0.1, 0.15) is 0 Å². The van der Waals surface area contributed by atoms with Crippen molar-refractivity contribution in [1.82, 2.24) is 0 Å². The van der Waals surface area contributed by atoms with Crippen LogP contribution in [0.4, 0.5) is 0 Å². The van der Waals surface area contributed by atoms with Gasteiger partial charge in [-0.25, -0.2) is 4.79 Å². The average molecular weight is 236 g/mol. The zero-order valence-corrected chi connectivity index (χ0v) is 10.1. The Hall–Kier alpha value is -1.97. The van der Waals surface area contributed by atoms with Gasteiger partial charge in [0, 0.05) is 12.5 Å². The number of carbonyl (C=O) groups is 1. The predicted molar refractivity (Wildman–Crippen MR) is 64.4 cm³/mol. The lowest BCUT2D eigenvalue weighted by Crippen LogP contribution is -2.04. The molecule has 0 heterocycles. The molecule has 0 atom stereocenters. The average Bonchev–Trinajstić information content (AvgIpc) is 2.38. The van der Waals surface area contributed by atoms with Crippen molar-refractivity contribution >= 4 is 5.97 Å². The van der Waals surface area contributed by atoms with Gasteiger partial charge in [0.2, 0.25) is 0 Å². The Morgan fingerprint density at radius 3 is 2.59 bits per heavy atom. The molecule has 0 unspecified atom stereocenters. The summed E-state index contributed by atoms with van der Waals surface area (Å²) in [4.78, 5) is 10.8. The van der Waals surface area contributed by atoms with E-state index in [2.05, 4.69) is 6.58 Å². The summed E-state index contributed by atoms with van der Waals surface area (Å²) in [6.07, 6.45) is 1.77. The van der Waals surface area contributed by atoms with Gasteiger partial charge in [-0.05, 0) is 17.7 Å². The molecular weight excluding hydrogens is 220 g/mol. The van der Waals surface area contributed by atoms with Gasteiger partial charge in [0.05, 0.1) is 20.8 Å². The number of ether oxygens (including phenoxy) is 3. The summed E-state index contributed by atoms with van der Waals surface area (Å²) >= 11 is 0. The summed E-state index contributed by atoms with van der Waals surface area (Å²) in [7, 11) is 3.17. The van der Waals surface area contributed by atoms with Gasteiger partial charge in [0.15, 0.2) is 11.5 Å². The number of benzene rings is 1. The molecule has 17 heavy (non-hydrogen) atoms. The summed E-state index contributed by atoms with van der Waals surface area (Å²) in [5, 5.41) is 0. The van der Waals surface area contributed by atoms with Crippen LogP contribution in [0.25, 0.3) is 0 Å². The minimum atomic E-state index is -0.412. The first-order valence-corrected chi connectivity index (χ1v) is 5.21. The largest absolute Gasteiger partial charge is 0.493 e. The Morgan fingerprint density at radius 2 is 2.00 bits per heavy atom. The van der Waals surface area contributed by atoms with E-state index in [1.54, 1.807) is 14.2 Å². The molecule has 92 valence electrons. The lowest BCUT2D eigenvalue weighted by Gasteiger charge is -2.09. The van der Waals surface area contributed by atoms with Crippen molar-refractivity contribution in [2.45, 2.75) is 6.42 Å². The number of hydrogen-bond donors (Lipinski definition) is 0. The lowest BCUT2D eigenvalue weighted by atomic mass is 10.1. The van der Waals surface area contributed by atoms with E-state index in [1.165, 1.54) is 0 Å². The van der Waals surface area contributed by atoms with Gasteiger partial charge >= 0.3 is 5.97 Å². The highest BCUT2D eigenvalue weighted by molar-refractivity contribution is 5.81. The minimum absolute atomic E-state index is 0.320. The van der Waals surface area contributed by atoms with Crippen LogP contribution in [0.5, 0.6) is 11.5 Å². The summed E-state index contributed by atoms with van der Waals surface area (Å²) in [6, 6.07) is 5.59. The van der Waals surface area contributed by atoms with E-state index in [0.29, 0.717) is 24.5 Å². The maximum Gasteiger partial charge on any atom is 0.330 e. The van der Waals surface area contributed by atoms with Crippen LogP contribution >= 0.6 is 0 Å². The molecule has 4 nitrogen and oxygen atoms in total. The quantitative estimate of drug-likeness (QED) is 0.559. The smallest absolute Gasteiger partial charge is 0.330 e. The fourth-order valence-electron chi connectivity index (χ4n) is 1.36. The Kier molecular flexibility index (Phi) is 5.07. The summed E-state index contributed by atoms with van der Waals surface area (Å²) in [5.74, 6) is 0.935. The van der Waals surface area contributed by atoms with Gasteiger partial charge in [-0.1, -0.05) is 12.6 Å². The number of carbonyl (C=O) groups excluding carboxylic acids is 1. The summed E-state index contributed by atoms with van der Waals surface area (Å²) < 4.78 is 15.2. The third kappa shape index (κ3) is 3.83. The zero-order chi connectivity index (χ0) is 12.7. The van der Waals surface area contributed by atoms with Crippen LogP contribution in [0.1, 0.15) is 5.56 Å². The van der Waals surface area contributed by atoms with Gasteiger partial charge in [-0.15, -0.1) is 0 Å². The molecule has 1 aromatic rings. The molecule has 0 bridgehead atoms. The highest BCUT2D eigenvalue weighted by Crippen LogP contribution is 2.27. The van der Waals surface area contributed by atoms with E-state index >= 15 is 0 Å². The molecule has 1 rings (SSSR count). The highest BCUT2D eigenvalue weighted by Gasteiger charge is 2.05. The SMILES string of the molecule is C=CC(=O)OCCc1ccc(OC)c(OC)c1. The minimum Gasteiger partial charge on any atom is -0.493 e. The van der Waals surface area contributed by atoms with E-state index in [0.717, 1.165) is 11.6 Å². The van der Waals surface area contributed by atoms with E-state index in [-0.39, 0.29) is 0 Å². The number of methoxy groups -OCH3 is 2. The second kappa shape index (κ2) is 6.58. The maximum absolute atomic E-state index is 10.8. The molecule has 4 heteroatoms. The molecule has 0 radical (unpaired) electrons. The van der Waals surface area contributed by atoms with Crippen LogP contribution in [-0.2, 0) is 16.0 Å². The van der Waals surface area contributed by atoms with E-state index in [9.17, 15) is 4.79 Å². The lowest BCUT2D eigenvalue weighted by molar-refractivity contribution is -0.137. The van der Waals surface area contributed by atoms with Crippen LogP contribution in [0.15, 0.2) is 30.9 Å². The Bertz CT molecular complexity index is 398. The van der Waals surface area contributed by atoms with Crippen molar-refractivity contribution < 1.29 is 19.0 Å². The standard InChI is InChI=1S/C13H16O4/c1-4-13(14)17-8-7-10-5-6-11(15-2)12(9-10)16-3/h4-6,9H,1,7-8H2,2-3H3. The molecule has 0 aliphatic carbocycles. The zero-order valence-electron chi connectivity index (χ0n) is 10.1. The second-order valence-corrected chi connectivity index (χ2v) is 3.31. The topological polar surface area (TPSA) is 44.8 Å². The molecule has 0 aliphatic rings. The molecule has 0 amide bonds. The molecule has 0 aromatic heterocycles. The van der Waals surface area contributed by atoms with Crippen LogP contribution in [-0.4, -0.2) is 26.8 Å². The van der Waals surface area contributed by atoms with Crippen molar-refractivity contribution in [2.24, 2.45) is 0 Å². The van der Waals surface area contributed by atoms with Crippen LogP contribution in [0.2, 0.25) is 0 Å². The van der Waals surface area contributed by atoms with Gasteiger partial charge in [-0.2, -0.15) is 0 Å². The fraction of sp³-hybridized carbons (Fsp3) is 0.308. The molecule has 0 saturated heterocycles. The molecule has 0 N–H and O–H groups in total. The first-order valence-electron chi connectivity index (χ1n) is 5.21. The van der Waals surface area contributed by atoms with Gasteiger partial charge < -0.3 is 14.2 Å². The number of esters is 1. The highest BCUT2D eigenvalue weighted by atomic mass is 16.5. The van der Waals surface area contributed by atoms with Crippen molar-refractivity contribution in [3.05, 3.63) is 36.4 Å². The Labute approximate surface area is 101 Å². The van der Waals surface area contributed by atoms with E-state index < -0.39 is 5.97 Å². The number of rotatable bonds is 6. The van der Waals surface area contributed by atoms with Crippen molar-refractivity contribution in [3.63, 3.8) is 0 Å². The maximum atomic E-state index is 10.8. The predicted octanol–water partition coefficient (Wildman–Crippen LogP) is 1.98.